The minimum absolute atomic E-state index is 0.0803. The number of thiazole rings is 1. The van der Waals surface area contributed by atoms with Crippen molar-refractivity contribution in [2.24, 2.45) is 0 Å². The highest BCUT2D eigenvalue weighted by molar-refractivity contribution is 7.13. The van der Waals surface area contributed by atoms with Gasteiger partial charge in [-0.05, 0) is 12.8 Å². The lowest BCUT2D eigenvalue weighted by Gasteiger charge is -2.22. The van der Waals surface area contributed by atoms with Crippen LogP contribution in [0.2, 0.25) is 0 Å². The number of nitrogens with one attached hydrogen (secondary N) is 1. The van der Waals surface area contributed by atoms with E-state index in [0.717, 1.165) is 17.8 Å². The molecule has 0 unspecified atom stereocenters. The lowest BCUT2D eigenvalue weighted by Crippen LogP contribution is -2.36. The summed E-state index contributed by atoms with van der Waals surface area (Å²) in [6.07, 6.45) is 10.7. The van der Waals surface area contributed by atoms with Crippen molar-refractivity contribution in [3.63, 3.8) is 0 Å². The van der Waals surface area contributed by atoms with E-state index in [0.29, 0.717) is 17.4 Å². The zero-order valence-electron chi connectivity index (χ0n) is 11.1. The van der Waals surface area contributed by atoms with Gasteiger partial charge >= 0.3 is 0 Å². The van der Waals surface area contributed by atoms with Crippen LogP contribution in [0, 0.1) is 0 Å². The van der Waals surface area contributed by atoms with Gasteiger partial charge in [-0.3, -0.25) is 14.8 Å². The van der Waals surface area contributed by atoms with E-state index < -0.39 is 0 Å². The summed E-state index contributed by atoms with van der Waals surface area (Å²) < 4.78 is 0. The fraction of sp³-hybridized carbons (Fsp3) is 0.429. The van der Waals surface area contributed by atoms with Gasteiger partial charge < -0.3 is 5.32 Å². The van der Waals surface area contributed by atoms with E-state index in [-0.39, 0.29) is 5.91 Å². The first-order valence-corrected chi connectivity index (χ1v) is 7.73. The summed E-state index contributed by atoms with van der Waals surface area (Å²) in [6, 6.07) is 0.304. The molecule has 2 heterocycles. The molecule has 2 aromatic heterocycles. The van der Waals surface area contributed by atoms with Gasteiger partial charge in [0.05, 0.1) is 6.20 Å². The first kappa shape index (κ1) is 13.2. The van der Waals surface area contributed by atoms with Crippen LogP contribution in [0.25, 0.3) is 10.7 Å². The maximum Gasteiger partial charge on any atom is 0.270 e. The molecule has 1 aliphatic rings. The predicted octanol–water partition coefficient (Wildman–Crippen LogP) is 2.66. The third-order valence-corrected chi connectivity index (χ3v) is 4.32. The summed E-state index contributed by atoms with van der Waals surface area (Å²) in [4.78, 5) is 24.7. The molecule has 6 heteroatoms. The van der Waals surface area contributed by atoms with Crippen LogP contribution in [0.1, 0.15) is 42.6 Å². The molecule has 20 heavy (non-hydrogen) atoms. The van der Waals surface area contributed by atoms with Crippen molar-refractivity contribution in [1.29, 1.82) is 0 Å². The largest absolute Gasteiger partial charge is 0.348 e. The average molecular weight is 288 g/mol. The molecule has 0 bridgehead atoms. The maximum absolute atomic E-state index is 12.2. The van der Waals surface area contributed by atoms with E-state index >= 15 is 0 Å². The quantitative estimate of drug-likeness (QED) is 0.942. The second-order valence-electron chi connectivity index (χ2n) is 4.94. The van der Waals surface area contributed by atoms with Crippen molar-refractivity contribution in [2.75, 3.05) is 0 Å². The minimum Gasteiger partial charge on any atom is -0.348 e. The minimum atomic E-state index is -0.0803. The van der Waals surface area contributed by atoms with Gasteiger partial charge in [0.2, 0.25) is 0 Å². The Kier molecular flexibility index (Phi) is 4.01. The normalized spacial score (nSPS) is 16.0. The van der Waals surface area contributed by atoms with E-state index in [4.69, 9.17) is 0 Å². The van der Waals surface area contributed by atoms with Gasteiger partial charge in [0.1, 0.15) is 16.4 Å². The molecule has 0 spiro atoms. The number of amides is 1. The van der Waals surface area contributed by atoms with Gasteiger partial charge in [0.25, 0.3) is 5.91 Å². The molecule has 1 aliphatic carbocycles. The highest BCUT2D eigenvalue weighted by atomic mass is 32.1. The van der Waals surface area contributed by atoms with Crippen molar-refractivity contribution in [2.45, 2.75) is 38.1 Å². The number of rotatable bonds is 3. The van der Waals surface area contributed by atoms with Crippen molar-refractivity contribution in [3.8, 4) is 10.7 Å². The van der Waals surface area contributed by atoms with E-state index in [1.807, 2.05) is 0 Å². The monoisotopic (exact) mass is 288 g/mol. The van der Waals surface area contributed by atoms with Crippen LogP contribution in [0.15, 0.2) is 24.0 Å². The Hall–Kier alpha value is -1.82. The summed E-state index contributed by atoms with van der Waals surface area (Å²) in [7, 11) is 0. The second-order valence-corrected chi connectivity index (χ2v) is 5.80. The number of nitrogens with zero attached hydrogens (tertiary/aromatic N) is 3. The maximum atomic E-state index is 12.2. The van der Waals surface area contributed by atoms with Gasteiger partial charge in [-0.25, -0.2) is 4.98 Å². The summed E-state index contributed by atoms with van der Waals surface area (Å²) in [6.45, 7) is 0. The van der Waals surface area contributed by atoms with Crippen LogP contribution in [0.4, 0.5) is 0 Å². The van der Waals surface area contributed by atoms with Crippen LogP contribution >= 0.6 is 11.3 Å². The van der Waals surface area contributed by atoms with E-state index in [1.54, 1.807) is 24.0 Å². The molecule has 0 saturated heterocycles. The molecular weight excluding hydrogens is 272 g/mol. The fourth-order valence-corrected chi connectivity index (χ4v) is 3.17. The number of carbonyl (C=O) groups is 1. The molecule has 5 nitrogen and oxygen atoms in total. The zero-order chi connectivity index (χ0) is 13.8. The van der Waals surface area contributed by atoms with Gasteiger partial charge in [-0.1, -0.05) is 19.3 Å². The summed E-state index contributed by atoms with van der Waals surface area (Å²) >= 11 is 1.42. The molecule has 0 atom stereocenters. The third-order valence-electron chi connectivity index (χ3n) is 3.46. The van der Waals surface area contributed by atoms with Crippen molar-refractivity contribution in [1.82, 2.24) is 20.3 Å². The summed E-state index contributed by atoms with van der Waals surface area (Å²) in [5.74, 6) is -0.0803. The topological polar surface area (TPSA) is 67.8 Å². The molecule has 1 saturated carbocycles. The van der Waals surface area contributed by atoms with Gasteiger partial charge in [-0.15, -0.1) is 11.3 Å². The molecule has 3 rings (SSSR count). The highest BCUT2D eigenvalue weighted by Gasteiger charge is 2.18. The van der Waals surface area contributed by atoms with Gasteiger partial charge in [0, 0.05) is 23.8 Å². The average Bonchev–Trinajstić information content (AvgIpc) is 2.99. The molecular formula is C14H16N4OS. The standard InChI is InChI=1S/C14H16N4OS/c19-13(17-10-4-2-1-3-5-10)12-9-20-14(18-12)11-8-15-6-7-16-11/h6-10H,1-5H2,(H,17,19). The Morgan fingerprint density at radius 2 is 2.10 bits per heavy atom. The Balaban J connectivity index is 1.68. The number of aromatic nitrogens is 3. The van der Waals surface area contributed by atoms with E-state index in [9.17, 15) is 4.79 Å². The molecule has 104 valence electrons. The lowest BCUT2D eigenvalue weighted by atomic mass is 9.95. The number of hydrogen-bond acceptors (Lipinski definition) is 5. The van der Waals surface area contributed by atoms with Crippen molar-refractivity contribution in [3.05, 3.63) is 29.7 Å². The van der Waals surface area contributed by atoms with Crippen molar-refractivity contribution >= 4 is 17.2 Å². The Bertz CT molecular complexity index is 578. The van der Waals surface area contributed by atoms with Crippen LogP contribution in [-0.4, -0.2) is 26.9 Å². The van der Waals surface area contributed by atoms with Crippen LogP contribution in [0.5, 0.6) is 0 Å². The van der Waals surface area contributed by atoms with Crippen LogP contribution in [0.3, 0.4) is 0 Å². The first-order valence-electron chi connectivity index (χ1n) is 6.86. The predicted molar refractivity (Wildman–Crippen MR) is 77.5 cm³/mol. The van der Waals surface area contributed by atoms with E-state index in [2.05, 4.69) is 20.3 Å². The SMILES string of the molecule is O=C(NC1CCCCC1)c1csc(-c2cnccn2)n1. The van der Waals surface area contributed by atoms with Gasteiger partial charge in [-0.2, -0.15) is 0 Å². The van der Waals surface area contributed by atoms with Gasteiger partial charge in [0.15, 0.2) is 0 Å². The number of carbonyl (C=O) groups excluding carboxylic acids is 1. The van der Waals surface area contributed by atoms with E-state index in [1.165, 1.54) is 30.6 Å². The molecule has 1 N–H and O–H groups in total. The van der Waals surface area contributed by atoms with Crippen LogP contribution in [-0.2, 0) is 0 Å². The molecule has 0 aromatic carbocycles. The Morgan fingerprint density at radius 3 is 2.85 bits per heavy atom. The third kappa shape index (κ3) is 3.01. The molecule has 0 radical (unpaired) electrons. The smallest absolute Gasteiger partial charge is 0.270 e. The lowest BCUT2D eigenvalue weighted by molar-refractivity contribution is 0.0923. The highest BCUT2D eigenvalue weighted by Crippen LogP contribution is 2.22. The molecule has 0 aliphatic heterocycles. The fourth-order valence-electron chi connectivity index (χ4n) is 2.41. The Morgan fingerprint density at radius 1 is 1.25 bits per heavy atom. The summed E-state index contributed by atoms with van der Waals surface area (Å²) in [5.41, 5.74) is 1.18. The van der Waals surface area contributed by atoms with Crippen molar-refractivity contribution < 1.29 is 4.79 Å². The molecule has 1 fully saturated rings. The molecule has 2 aromatic rings. The number of hydrogen-bond donors (Lipinski definition) is 1. The summed E-state index contributed by atoms with van der Waals surface area (Å²) in [5, 5.41) is 5.58. The molecule has 1 amide bonds. The van der Waals surface area contributed by atoms with Crippen LogP contribution < -0.4 is 5.32 Å². The Labute approximate surface area is 121 Å². The zero-order valence-corrected chi connectivity index (χ0v) is 11.9. The second kappa shape index (κ2) is 6.09. The first-order chi connectivity index (χ1) is 9.83.